The molecule has 0 bridgehead atoms. The molecule has 0 aromatic rings. The summed E-state index contributed by atoms with van der Waals surface area (Å²) in [5.41, 5.74) is 1.65. The Labute approximate surface area is 163 Å². The van der Waals surface area contributed by atoms with Gasteiger partial charge in [0.1, 0.15) is 0 Å². The van der Waals surface area contributed by atoms with E-state index >= 15 is 0 Å². The van der Waals surface area contributed by atoms with Crippen molar-refractivity contribution in [2.75, 3.05) is 6.61 Å². The Balaban J connectivity index is 3.19. The number of hydrogen-bond donors (Lipinski definition) is 0. The summed E-state index contributed by atoms with van der Waals surface area (Å²) >= 11 is 0. The summed E-state index contributed by atoms with van der Waals surface area (Å²) in [7, 11) is -1.98. The number of rotatable bonds is 10. The van der Waals surface area contributed by atoms with Crippen molar-refractivity contribution in [2.45, 2.75) is 103 Å². The Hall–Kier alpha value is -0.423. The molecule has 152 valence electrons. The lowest BCUT2D eigenvalue weighted by atomic mass is 9.91. The van der Waals surface area contributed by atoms with Crippen molar-refractivity contribution in [3.63, 3.8) is 0 Å². The molecule has 0 saturated carbocycles. The second-order valence-corrected chi connectivity index (χ2v) is 14.5. The van der Waals surface area contributed by atoms with Crippen LogP contribution in [0.3, 0.4) is 0 Å². The molecule has 1 saturated heterocycles. The van der Waals surface area contributed by atoms with Crippen LogP contribution < -0.4 is 0 Å². The molecule has 1 rings (SSSR count). The van der Waals surface area contributed by atoms with E-state index in [1.807, 2.05) is 26.0 Å². The molecule has 0 spiro atoms. The van der Waals surface area contributed by atoms with Crippen LogP contribution in [-0.4, -0.2) is 32.9 Å². The topological polar surface area (TPSA) is 27.7 Å². The molecule has 0 radical (unpaired) electrons. The molecule has 0 aromatic carbocycles. The summed E-state index contributed by atoms with van der Waals surface area (Å²) in [6.07, 6.45) is 5.71. The summed E-state index contributed by atoms with van der Waals surface area (Å²) < 4.78 is 19.4. The van der Waals surface area contributed by atoms with E-state index in [2.05, 4.69) is 54.7 Å². The molecule has 1 aliphatic heterocycles. The van der Waals surface area contributed by atoms with Gasteiger partial charge in [0.25, 0.3) is 0 Å². The Morgan fingerprint density at radius 3 is 2.00 bits per heavy atom. The van der Waals surface area contributed by atoms with Crippen LogP contribution in [0.2, 0.25) is 16.6 Å². The zero-order valence-electron chi connectivity index (χ0n) is 18.4. The SMILES string of the molecule is C=CC[C@H](O[Si](C(C)C)(C(C)C)C(C)C)[C@H]1COC(C)(C)O[C@@H]1CC=C. The molecule has 0 amide bonds. The van der Waals surface area contributed by atoms with Crippen molar-refractivity contribution in [1.82, 2.24) is 0 Å². The van der Waals surface area contributed by atoms with E-state index in [1.165, 1.54) is 0 Å². The Morgan fingerprint density at radius 2 is 1.58 bits per heavy atom. The standard InChI is InChI=1S/C22H42O3Si/c1-11-13-20-19(15-23-22(9,10)24-20)21(14-12-2)25-26(16(3)4,17(5)6)18(7)8/h11-12,16-21H,1-2,13-15H2,3-10H3/t19-,20+,21-/m0/s1. The van der Waals surface area contributed by atoms with Gasteiger partial charge in [-0.15, -0.1) is 13.2 Å². The molecule has 26 heavy (non-hydrogen) atoms. The van der Waals surface area contributed by atoms with Gasteiger partial charge in [0, 0.05) is 5.92 Å². The predicted octanol–water partition coefficient (Wildman–Crippen LogP) is 6.47. The zero-order valence-corrected chi connectivity index (χ0v) is 19.4. The van der Waals surface area contributed by atoms with E-state index in [-0.39, 0.29) is 18.1 Å². The van der Waals surface area contributed by atoms with Crippen molar-refractivity contribution in [1.29, 1.82) is 0 Å². The van der Waals surface area contributed by atoms with Crippen molar-refractivity contribution in [2.24, 2.45) is 5.92 Å². The maximum absolute atomic E-state index is 7.12. The van der Waals surface area contributed by atoms with Crippen LogP contribution in [0.4, 0.5) is 0 Å². The third kappa shape index (κ3) is 5.31. The highest BCUT2D eigenvalue weighted by atomic mass is 28.4. The first kappa shape index (κ1) is 23.6. The van der Waals surface area contributed by atoms with Gasteiger partial charge >= 0.3 is 0 Å². The first-order chi connectivity index (χ1) is 12.0. The first-order valence-corrected chi connectivity index (χ1v) is 12.4. The van der Waals surface area contributed by atoms with Gasteiger partial charge in [-0.05, 0) is 43.3 Å². The molecule has 1 fully saturated rings. The third-order valence-corrected chi connectivity index (χ3v) is 12.0. The Bertz CT molecular complexity index is 435. The van der Waals surface area contributed by atoms with Gasteiger partial charge in [0.2, 0.25) is 8.32 Å². The highest BCUT2D eigenvalue weighted by molar-refractivity contribution is 6.77. The lowest BCUT2D eigenvalue weighted by molar-refractivity contribution is -0.300. The molecule has 4 heteroatoms. The van der Waals surface area contributed by atoms with Gasteiger partial charge in [0.15, 0.2) is 5.79 Å². The van der Waals surface area contributed by atoms with E-state index in [0.29, 0.717) is 23.2 Å². The highest BCUT2D eigenvalue weighted by Gasteiger charge is 2.49. The van der Waals surface area contributed by atoms with Gasteiger partial charge in [-0.1, -0.05) is 53.7 Å². The van der Waals surface area contributed by atoms with E-state index in [9.17, 15) is 0 Å². The molecular formula is C22H42O3Si. The van der Waals surface area contributed by atoms with Gasteiger partial charge in [-0.25, -0.2) is 0 Å². The Kier molecular flexibility index (Phi) is 8.79. The molecule has 0 aromatic heterocycles. The van der Waals surface area contributed by atoms with E-state index in [0.717, 1.165) is 12.8 Å². The van der Waals surface area contributed by atoms with Gasteiger partial charge < -0.3 is 13.9 Å². The summed E-state index contributed by atoms with van der Waals surface area (Å²) in [5, 5.41) is 0. The monoisotopic (exact) mass is 382 g/mol. The normalized spacial score (nSPS) is 24.9. The molecule has 0 unspecified atom stereocenters. The minimum atomic E-state index is -1.98. The number of hydrogen-bond acceptors (Lipinski definition) is 3. The van der Waals surface area contributed by atoms with Gasteiger partial charge in [-0.3, -0.25) is 0 Å². The number of ether oxygens (including phenoxy) is 2. The molecule has 1 heterocycles. The van der Waals surface area contributed by atoms with Crippen LogP contribution in [0, 0.1) is 5.92 Å². The molecule has 0 aliphatic carbocycles. The van der Waals surface area contributed by atoms with Crippen LogP contribution in [0.25, 0.3) is 0 Å². The molecule has 1 aliphatic rings. The van der Waals surface area contributed by atoms with Crippen LogP contribution in [0.5, 0.6) is 0 Å². The maximum atomic E-state index is 7.12. The van der Waals surface area contributed by atoms with Gasteiger partial charge in [-0.2, -0.15) is 0 Å². The molecule has 3 nitrogen and oxygen atoms in total. The largest absolute Gasteiger partial charge is 0.412 e. The second kappa shape index (κ2) is 9.68. The average Bonchev–Trinajstić information content (AvgIpc) is 2.50. The Morgan fingerprint density at radius 1 is 1.04 bits per heavy atom. The third-order valence-electron chi connectivity index (χ3n) is 5.87. The summed E-state index contributed by atoms with van der Waals surface area (Å²) in [5.74, 6) is -0.354. The fourth-order valence-corrected chi connectivity index (χ4v) is 10.4. The fraction of sp³-hybridized carbons (Fsp3) is 0.818. The second-order valence-electron chi connectivity index (χ2n) is 9.05. The highest BCUT2D eigenvalue weighted by Crippen LogP contribution is 2.45. The molecule has 0 N–H and O–H groups in total. The van der Waals surface area contributed by atoms with E-state index < -0.39 is 14.1 Å². The summed E-state index contributed by atoms with van der Waals surface area (Å²) in [6, 6.07) is 0. The van der Waals surface area contributed by atoms with Crippen molar-refractivity contribution in [3.8, 4) is 0 Å². The lowest BCUT2D eigenvalue weighted by Gasteiger charge is -2.49. The average molecular weight is 383 g/mol. The zero-order chi connectivity index (χ0) is 20.1. The first-order valence-electron chi connectivity index (χ1n) is 10.2. The fourth-order valence-electron chi connectivity index (χ4n) is 4.77. The van der Waals surface area contributed by atoms with Crippen LogP contribution in [-0.2, 0) is 13.9 Å². The van der Waals surface area contributed by atoms with Crippen LogP contribution >= 0.6 is 0 Å². The smallest absolute Gasteiger partial charge is 0.200 e. The van der Waals surface area contributed by atoms with Crippen LogP contribution in [0.1, 0.15) is 68.2 Å². The predicted molar refractivity (Wildman–Crippen MR) is 114 cm³/mol. The minimum Gasteiger partial charge on any atom is -0.412 e. The van der Waals surface area contributed by atoms with Crippen molar-refractivity contribution in [3.05, 3.63) is 25.3 Å². The molecule has 3 atom stereocenters. The van der Waals surface area contributed by atoms with Crippen LogP contribution in [0.15, 0.2) is 25.3 Å². The lowest BCUT2D eigenvalue weighted by Crippen LogP contribution is -2.56. The van der Waals surface area contributed by atoms with Crippen molar-refractivity contribution >= 4 is 8.32 Å². The summed E-state index contributed by atoms with van der Waals surface area (Å²) in [4.78, 5) is 0. The van der Waals surface area contributed by atoms with E-state index in [1.54, 1.807) is 0 Å². The van der Waals surface area contributed by atoms with Crippen molar-refractivity contribution < 1.29 is 13.9 Å². The minimum absolute atomic E-state index is 0.0689. The quantitative estimate of drug-likeness (QED) is 0.320. The van der Waals surface area contributed by atoms with E-state index in [4.69, 9.17) is 13.9 Å². The van der Waals surface area contributed by atoms with Gasteiger partial charge in [0.05, 0.1) is 18.8 Å². The summed E-state index contributed by atoms with van der Waals surface area (Å²) in [6.45, 7) is 26.5. The molecular weight excluding hydrogens is 340 g/mol. The maximum Gasteiger partial charge on any atom is 0.200 e.